The fourth-order valence-corrected chi connectivity index (χ4v) is 3.06. The summed E-state index contributed by atoms with van der Waals surface area (Å²) < 4.78 is 16.4. The highest BCUT2D eigenvalue weighted by atomic mass is 35.5. The molecular weight excluding hydrogens is 351 g/mol. The normalized spacial score (nSPS) is 10.4. The fourth-order valence-electron chi connectivity index (χ4n) is 2.49. The van der Waals surface area contributed by atoms with Crippen molar-refractivity contribution >= 4 is 29.0 Å². The van der Waals surface area contributed by atoms with Crippen LogP contribution in [-0.4, -0.2) is 26.6 Å². The molecule has 0 aliphatic heterocycles. The highest BCUT2D eigenvalue weighted by molar-refractivity contribution is 6.41. The van der Waals surface area contributed by atoms with Crippen LogP contribution in [0, 0.1) is 6.92 Å². The second-order valence-electron chi connectivity index (χ2n) is 4.99. The molecule has 0 aliphatic rings. The van der Waals surface area contributed by atoms with Gasteiger partial charge in [-0.05, 0) is 37.6 Å². The molecule has 0 heterocycles. The van der Waals surface area contributed by atoms with Crippen LogP contribution in [0.25, 0.3) is 0 Å². The Morgan fingerprint density at radius 3 is 2.17 bits per heavy atom. The van der Waals surface area contributed by atoms with Crippen molar-refractivity contribution in [1.29, 1.82) is 0 Å². The maximum absolute atomic E-state index is 13.1. The highest BCUT2D eigenvalue weighted by Gasteiger charge is 2.27. The van der Waals surface area contributed by atoms with Gasteiger partial charge < -0.3 is 14.2 Å². The van der Waals surface area contributed by atoms with Crippen molar-refractivity contribution in [2.24, 2.45) is 0 Å². The van der Waals surface area contributed by atoms with Crippen LogP contribution in [0.15, 0.2) is 24.3 Å². The molecule has 0 radical (unpaired) electrons. The summed E-state index contributed by atoms with van der Waals surface area (Å²) in [6.45, 7) is 3.98. The Labute approximate surface area is 151 Å². The van der Waals surface area contributed by atoms with Crippen LogP contribution in [-0.2, 0) is 0 Å². The maximum atomic E-state index is 13.1. The van der Waals surface area contributed by atoms with Crippen LogP contribution in [0.4, 0.5) is 0 Å². The lowest BCUT2D eigenvalue weighted by molar-refractivity contribution is 0.103. The standard InChI is InChI=1S/C18H18Cl2O4/c1-5-24-18-14(10(2)9-13(22-3)17(18)23-4)16(21)15-11(19)7-6-8-12(15)20/h6-9H,5H2,1-4H3. The minimum Gasteiger partial charge on any atom is -0.493 e. The predicted molar refractivity (Wildman–Crippen MR) is 95.3 cm³/mol. The van der Waals surface area contributed by atoms with E-state index >= 15 is 0 Å². The van der Waals surface area contributed by atoms with Gasteiger partial charge in [-0.15, -0.1) is 0 Å². The number of rotatable bonds is 6. The molecule has 0 atom stereocenters. The number of hydrogen-bond acceptors (Lipinski definition) is 4. The number of halogens is 2. The molecule has 0 amide bonds. The van der Waals surface area contributed by atoms with Crippen molar-refractivity contribution in [2.45, 2.75) is 13.8 Å². The lowest BCUT2D eigenvalue weighted by atomic mass is 9.97. The Bertz CT molecular complexity index is 752. The number of ketones is 1. The minimum atomic E-state index is -0.326. The number of carbonyl (C=O) groups is 1. The van der Waals surface area contributed by atoms with Crippen LogP contribution < -0.4 is 14.2 Å². The summed E-state index contributed by atoms with van der Waals surface area (Å²) in [5, 5.41) is 0.563. The summed E-state index contributed by atoms with van der Waals surface area (Å²) in [5.41, 5.74) is 1.26. The molecule has 0 saturated heterocycles. The smallest absolute Gasteiger partial charge is 0.204 e. The van der Waals surface area contributed by atoms with E-state index in [1.165, 1.54) is 14.2 Å². The van der Waals surface area contributed by atoms with Crippen LogP contribution in [0.2, 0.25) is 10.0 Å². The second kappa shape index (κ2) is 7.77. The molecule has 0 fully saturated rings. The average molecular weight is 369 g/mol. The molecule has 0 aromatic heterocycles. The van der Waals surface area contributed by atoms with Crippen molar-refractivity contribution in [3.8, 4) is 17.2 Å². The van der Waals surface area contributed by atoms with E-state index in [1.807, 2.05) is 6.92 Å². The second-order valence-corrected chi connectivity index (χ2v) is 5.81. The molecule has 0 N–H and O–H groups in total. The maximum Gasteiger partial charge on any atom is 0.204 e. The summed E-state index contributed by atoms with van der Waals surface area (Å²) in [5.74, 6) is 0.835. The minimum absolute atomic E-state index is 0.233. The molecule has 2 rings (SSSR count). The molecular formula is C18H18Cl2O4. The van der Waals surface area contributed by atoms with E-state index in [1.54, 1.807) is 31.2 Å². The Morgan fingerprint density at radius 2 is 1.67 bits per heavy atom. The van der Waals surface area contributed by atoms with Crippen molar-refractivity contribution in [3.63, 3.8) is 0 Å². The summed E-state index contributed by atoms with van der Waals surface area (Å²) >= 11 is 12.4. The fraction of sp³-hybridized carbons (Fsp3) is 0.278. The van der Waals surface area contributed by atoms with E-state index in [-0.39, 0.29) is 21.4 Å². The SMILES string of the molecule is CCOc1c(OC)c(OC)cc(C)c1C(=O)c1c(Cl)cccc1Cl. The van der Waals surface area contributed by atoms with Crippen molar-refractivity contribution in [3.05, 3.63) is 51.0 Å². The Kier molecular flexibility index (Phi) is 5.97. The number of benzene rings is 2. The molecule has 2 aromatic rings. The highest BCUT2D eigenvalue weighted by Crippen LogP contribution is 2.43. The topological polar surface area (TPSA) is 44.8 Å². The Balaban J connectivity index is 2.75. The lowest BCUT2D eigenvalue weighted by Gasteiger charge is -2.19. The van der Waals surface area contributed by atoms with Gasteiger partial charge in [-0.2, -0.15) is 0 Å². The van der Waals surface area contributed by atoms with Gasteiger partial charge in [0.25, 0.3) is 0 Å². The Morgan fingerprint density at radius 1 is 1.04 bits per heavy atom. The number of ether oxygens (including phenoxy) is 3. The monoisotopic (exact) mass is 368 g/mol. The van der Waals surface area contributed by atoms with Crippen LogP contribution in [0.1, 0.15) is 28.4 Å². The van der Waals surface area contributed by atoms with Gasteiger partial charge in [0.1, 0.15) is 0 Å². The molecule has 0 aliphatic carbocycles. The third-order valence-corrected chi connectivity index (χ3v) is 4.16. The first-order valence-electron chi connectivity index (χ1n) is 7.33. The van der Waals surface area contributed by atoms with E-state index in [9.17, 15) is 4.79 Å². The molecule has 0 saturated carbocycles. The zero-order valence-electron chi connectivity index (χ0n) is 13.9. The van der Waals surface area contributed by atoms with Crippen molar-refractivity contribution < 1.29 is 19.0 Å². The summed E-state index contributed by atoms with van der Waals surface area (Å²) in [6.07, 6.45) is 0. The molecule has 6 heteroatoms. The molecule has 0 unspecified atom stereocenters. The van der Waals surface area contributed by atoms with E-state index in [2.05, 4.69) is 0 Å². The summed E-state index contributed by atoms with van der Waals surface area (Å²) in [7, 11) is 3.02. The third-order valence-electron chi connectivity index (χ3n) is 3.53. The number of carbonyl (C=O) groups excluding carboxylic acids is 1. The first-order chi connectivity index (χ1) is 11.5. The van der Waals surface area contributed by atoms with E-state index in [0.717, 1.165) is 0 Å². The van der Waals surface area contributed by atoms with Gasteiger partial charge >= 0.3 is 0 Å². The molecule has 0 bridgehead atoms. The van der Waals surface area contributed by atoms with Crippen molar-refractivity contribution in [1.82, 2.24) is 0 Å². The van der Waals surface area contributed by atoms with Crippen LogP contribution in [0.3, 0.4) is 0 Å². The molecule has 0 spiro atoms. The van der Waals surface area contributed by atoms with E-state index < -0.39 is 0 Å². The number of methoxy groups -OCH3 is 2. The third kappa shape index (κ3) is 3.30. The average Bonchev–Trinajstić information content (AvgIpc) is 2.54. The zero-order chi connectivity index (χ0) is 17.9. The van der Waals surface area contributed by atoms with Gasteiger partial charge in [-0.3, -0.25) is 4.79 Å². The zero-order valence-corrected chi connectivity index (χ0v) is 15.4. The van der Waals surface area contributed by atoms with E-state index in [4.69, 9.17) is 37.4 Å². The van der Waals surface area contributed by atoms with E-state index in [0.29, 0.717) is 35.0 Å². The van der Waals surface area contributed by atoms with Gasteiger partial charge in [0.2, 0.25) is 5.75 Å². The van der Waals surface area contributed by atoms with Gasteiger partial charge in [0.05, 0.1) is 42.0 Å². The first-order valence-corrected chi connectivity index (χ1v) is 8.08. The largest absolute Gasteiger partial charge is 0.493 e. The van der Waals surface area contributed by atoms with Crippen molar-refractivity contribution in [2.75, 3.05) is 20.8 Å². The van der Waals surface area contributed by atoms with Gasteiger partial charge in [0.15, 0.2) is 17.3 Å². The van der Waals surface area contributed by atoms with Crippen LogP contribution >= 0.6 is 23.2 Å². The molecule has 24 heavy (non-hydrogen) atoms. The van der Waals surface area contributed by atoms with Gasteiger partial charge in [-0.1, -0.05) is 29.3 Å². The quantitative estimate of drug-likeness (QED) is 0.676. The number of hydrogen-bond donors (Lipinski definition) is 0. The van der Waals surface area contributed by atoms with Gasteiger partial charge in [0, 0.05) is 0 Å². The Hall–Kier alpha value is -1.91. The summed E-state index contributed by atoms with van der Waals surface area (Å²) in [6, 6.07) is 6.65. The predicted octanol–water partition coefficient (Wildman–Crippen LogP) is 4.95. The van der Waals surface area contributed by atoms with Crippen LogP contribution in [0.5, 0.6) is 17.2 Å². The summed E-state index contributed by atoms with van der Waals surface area (Å²) in [4.78, 5) is 13.1. The molecule has 128 valence electrons. The first kappa shape index (κ1) is 18.4. The van der Waals surface area contributed by atoms with Gasteiger partial charge in [-0.25, -0.2) is 0 Å². The lowest BCUT2D eigenvalue weighted by Crippen LogP contribution is -2.11. The molecule has 4 nitrogen and oxygen atoms in total. The molecule has 2 aromatic carbocycles. The number of aryl methyl sites for hydroxylation is 1.